The molecule has 1 N–H and O–H groups in total. The lowest BCUT2D eigenvalue weighted by atomic mass is 10.2. The fraction of sp³-hybridized carbons (Fsp3) is 0.174. The highest BCUT2D eigenvalue weighted by Crippen LogP contribution is 2.34. The van der Waals surface area contributed by atoms with Crippen LogP contribution in [0.2, 0.25) is 0 Å². The highest BCUT2D eigenvalue weighted by molar-refractivity contribution is 7.99. The minimum Gasteiger partial charge on any atom is -0.493 e. The maximum Gasteiger partial charge on any atom is 0.234 e. The zero-order valence-electron chi connectivity index (χ0n) is 17.6. The molecule has 164 valence electrons. The molecule has 4 rings (SSSR count). The second kappa shape index (κ2) is 9.27. The number of carbonyl (C=O) groups is 1. The first-order chi connectivity index (χ1) is 15.5. The molecular formula is C23H21FN4O3S. The molecule has 0 saturated carbocycles. The van der Waals surface area contributed by atoms with Gasteiger partial charge in [0, 0.05) is 11.9 Å². The Morgan fingerprint density at radius 2 is 2.16 bits per heavy atom. The Morgan fingerprint density at radius 1 is 1.31 bits per heavy atom. The SMILES string of the molecule is C=CCn1c(SCC(=O)Nc2ccc(C)cc2F)nnc1-c1cc2cccc(OC)c2o1. The van der Waals surface area contributed by atoms with E-state index in [2.05, 4.69) is 22.1 Å². The van der Waals surface area contributed by atoms with E-state index in [1.165, 1.54) is 17.8 Å². The molecule has 9 heteroatoms. The molecule has 0 aliphatic heterocycles. The summed E-state index contributed by atoms with van der Waals surface area (Å²) in [5.74, 6) is 0.878. The number of furan rings is 1. The van der Waals surface area contributed by atoms with E-state index in [0.717, 1.165) is 10.9 Å². The van der Waals surface area contributed by atoms with Crippen molar-refractivity contribution < 1.29 is 18.3 Å². The van der Waals surface area contributed by atoms with Crippen molar-refractivity contribution in [3.63, 3.8) is 0 Å². The highest BCUT2D eigenvalue weighted by Gasteiger charge is 2.19. The van der Waals surface area contributed by atoms with Gasteiger partial charge < -0.3 is 14.5 Å². The lowest BCUT2D eigenvalue weighted by molar-refractivity contribution is -0.113. The van der Waals surface area contributed by atoms with E-state index in [9.17, 15) is 9.18 Å². The van der Waals surface area contributed by atoms with Crippen molar-refractivity contribution in [3.05, 3.63) is 66.5 Å². The first-order valence-corrected chi connectivity index (χ1v) is 10.8. The number of halogens is 1. The Hall–Kier alpha value is -3.59. The van der Waals surface area contributed by atoms with Crippen LogP contribution < -0.4 is 10.1 Å². The minimum atomic E-state index is -0.472. The van der Waals surface area contributed by atoms with Gasteiger partial charge in [-0.15, -0.1) is 16.8 Å². The maximum absolute atomic E-state index is 14.0. The number of aromatic nitrogens is 3. The molecule has 2 aromatic heterocycles. The molecule has 2 heterocycles. The van der Waals surface area contributed by atoms with Gasteiger partial charge in [0.2, 0.25) is 11.7 Å². The van der Waals surface area contributed by atoms with Crippen LogP contribution in [0.4, 0.5) is 10.1 Å². The number of nitrogens with zero attached hydrogens (tertiary/aromatic N) is 3. The van der Waals surface area contributed by atoms with Crippen LogP contribution >= 0.6 is 11.8 Å². The van der Waals surface area contributed by atoms with Crippen molar-refractivity contribution >= 4 is 34.3 Å². The number of allylic oxidation sites excluding steroid dienone is 1. The van der Waals surface area contributed by atoms with Crippen molar-refractivity contribution in [3.8, 4) is 17.3 Å². The quantitative estimate of drug-likeness (QED) is 0.297. The monoisotopic (exact) mass is 452 g/mol. The van der Waals surface area contributed by atoms with Gasteiger partial charge in [-0.1, -0.05) is 36.0 Å². The van der Waals surface area contributed by atoms with Crippen LogP contribution in [0.3, 0.4) is 0 Å². The third-order valence-corrected chi connectivity index (χ3v) is 5.67. The van der Waals surface area contributed by atoms with Gasteiger partial charge in [-0.3, -0.25) is 9.36 Å². The number of fused-ring (bicyclic) bond motifs is 1. The number of benzene rings is 2. The maximum atomic E-state index is 14.0. The van der Waals surface area contributed by atoms with Crippen LogP contribution in [0, 0.1) is 12.7 Å². The number of carbonyl (C=O) groups excluding carboxylic acids is 1. The predicted octanol–water partition coefficient (Wildman–Crippen LogP) is 5.06. The van der Waals surface area contributed by atoms with Gasteiger partial charge in [-0.05, 0) is 36.8 Å². The van der Waals surface area contributed by atoms with Crippen LogP contribution in [0.15, 0.2) is 64.7 Å². The van der Waals surface area contributed by atoms with E-state index in [1.807, 2.05) is 28.8 Å². The van der Waals surface area contributed by atoms with Gasteiger partial charge in [0.15, 0.2) is 22.2 Å². The van der Waals surface area contributed by atoms with Crippen molar-refractivity contribution in [2.24, 2.45) is 0 Å². The number of anilines is 1. The Labute approximate surface area is 188 Å². The third kappa shape index (κ3) is 4.38. The van der Waals surface area contributed by atoms with Crippen LogP contribution in [0.5, 0.6) is 5.75 Å². The minimum absolute atomic E-state index is 0.0382. The third-order valence-electron chi connectivity index (χ3n) is 4.71. The Bertz CT molecular complexity index is 1300. The van der Waals surface area contributed by atoms with Gasteiger partial charge in [0.1, 0.15) is 5.82 Å². The number of thioether (sulfide) groups is 1. The first-order valence-electron chi connectivity index (χ1n) is 9.80. The largest absolute Gasteiger partial charge is 0.493 e. The smallest absolute Gasteiger partial charge is 0.234 e. The zero-order valence-corrected chi connectivity index (χ0v) is 18.4. The summed E-state index contributed by atoms with van der Waals surface area (Å²) >= 11 is 1.19. The van der Waals surface area contributed by atoms with E-state index < -0.39 is 5.82 Å². The summed E-state index contributed by atoms with van der Waals surface area (Å²) in [7, 11) is 1.58. The van der Waals surface area contributed by atoms with Gasteiger partial charge in [-0.25, -0.2) is 4.39 Å². The first kappa shape index (κ1) is 21.6. The summed E-state index contributed by atoms with van der Waals surface area (Å²) < 4.78 is 27.2. The molecule has 0 bridgehead atoms. The summed E-state index contributed by atoms with van der Waals surface area (Å²) in [5, 5.41) is 12.5. The lowest BCUT2D eigenvalue weighted by Crippen LogP contribution is -2.15. The average molecular weight is 453 g/mol. The summed E-state index contributed by atoms with van der Waals surface area (Å²) in [6, 6.07) is 12.1. The van der Waals surface area contributed by atoms with Crippen LogP contribution in [0.1, 0.15) is 5.56 Å². The molecular weight excluding hydrogens is 431 g/mol. The predicted molar refractivity (Wildman–Crippen MR) is 122 cm³/mol. The van der Waals surface area contributed by atoms with Crippen molar-refractivity contribution in [1.82, 2.24) is 14.8 Å². The van der Waals surface area contributed by atoms with Crippen molar-refractivity contribution in [2.75, 3.05) is 18.2 Å². The molecule has 0 atom stereocenters. The molecule has 0 saturated heterocycles. The van der Waals surface area contributed by atoms with Crippen molar-refractivity contribution in [1.29, 1.82) is 0 Å². The fourth-order valence-corrected chi connectivity index (χ4v) is 3.96. The molecule has 0 aliphatic rings. The van der Waals surface area contributed by atoms with E-state index in [0.29, 0.717) is 34.6 Å². The Morgan fingerprint density at radius 3 is 2.91 bits per heavy atom. The van der Waals surface area contributed by atoms with E-state index >= 15 is 0 Å². The topological polar surface area (TPSA) is 82.2 Å². The molecule has 4 aromatic rings. The van der Waals surface area contributed by atoms with E-state index in [4.69, 9.17) is 9.15 Å². The molecule has 2 aromatic carbocycles. The number of methoxy groups -OCH3 is 1. The van der Waals surface area contributed by atoms with Crippen LogP contribution in [-0.4, -0.2) is 33.5 Å². The second-order valence-electron chi connectivity index (χ2n) is 7.01. The van der Waals surface area contributed by atoms with Gasteiger partial charge in [0.05, 0.1) is 18.6 Å². The number of hydrogen-bond donors (Lipinski definition) is 1. The summed E-state index contributed by atoms with van der Waals surface area (Å²) in [6.45, 7) is 6.00. The Kier molecular flexibility index (Phi) is 6.27. The van der Waals surface area contributed by atoms with E-state index in [-0.39, 0.29) is 17.3 Å². The zero-order chi connectivity index (χ0) is 22.7. The fourth-order valence-electron chi connectivity index (χ4n) is 3.22. The number of aryl methyl sites for hydroxylation is 1. The van der Waals surface area contributed by atoms with Crippen LogP contribution in [-0.2, 0) is 11.3 Å². The van der Waals surface area contributed by atoms with Crippen LogP contribution in [0.25, 0.3) is 22.6 Å². The highest BCUT2D eigenvalue weighted by atomic mass is 32.2. The molecule has 1 amide bonds. The normalized spacial score (nSPS) is 11.0. The summed E-state index contributed by atoms with van der Waals surface area (Å²) in [5.41, 5.74) is 1.54. The van der Waals surface area contributed by atoms with E-state index in [1.54, 1.807) is 32.2 Å². The molecule has 0 fully saturated rings. The standard InChI is InChI=1S/C23H21FN4O3S/c1-4-10-28-22(19-12-15-6-5-7-18(30-3)21(15)31-19)26-27-23(28)32-13-20(29)25-17-9-8-14(2)11-16(17)24/h4-9,11-12H,1,10,13H2,2-3H3,(H,25,29). The average Bonchev–Trinajstić information content (AvgIpc) is 3.38. The molecule has 7 nitrogen and oxygen atoms in total. The second-order valence-corrected chi connectivity index (χ2v) is 7.96. The Balaban J connectivity index is 1.54. The number of rotatable bonds is 8. The molecule has 32 heavy (non-hydrogen) atoms. The molecule has 0 radical (unpaired) electrons. The molecule has 0 aliphatic carbocycles. The molecule has 0 spiro atoms. The number of para-hydroxylation sites is 1. The van der Waals surface area contributed by atoms with Gasteiger partial charge >= 0.3 is 0 Å². The number of ether oxygens (including phenoxy) is 1. The number of hydrogen-bond acceptors (Lipinski definition) is 6. The molecule has 0 unspecified atom stereocenters. The van der Waals surface area contributed by atoms with Crippen molar-refractivity contribution in [2.45, 2.75) is 18.6 Å². The van der Waals surface area contributed by atoms with Gasteiger partial charge in [-0.2, -0.15) is 0 Å². The number of nitrogens with one attached hydrogen (secondary N) is 1. The summed E-state index contributed by atoms with van der Waals surface area (Å²) in [4.78, 5) is 12.3. The number of amides is 1. The lowest BCUT2D eigenvalue weighted by Gasteiger charge is -2.08. The van der Waals surface area contributed by atoms with Gasteiger partial charge in [0.25, 0.3) is 0 Å². The summed E-state index contributed by atoms with van der Waals surface area (Å²) in [6.07, 6.45) is 1.71.